The summed E-state index contributed by atoms with van der Waals surface area (Å²) in [5.41, 5.74) is 8.47. The summed E-state index contributed by atoms with van der Waals surface area (Å²) in [6, 6.07) is 10.0. The van der Waals surface area contributed by atoms with Crippen molar-refractivity contribution >= 4 is 28.3 Å². The van der Waals surface area contributed by atoms with Crippen LogP contribution in [0.4, 0.5) is 0 Å². The maximum Gasteiger partial charge on any atom is 0.258 e. The van der Waals surface area contributed by atoms with Crippen molar-refractivity contribution in [1.82, 2.24) is 9.55 Å². The molecule has 0 saturated carbocycles. The largest absolute Gasteiger partial charge is 0.365 e. The quantitative estimate of drug-likeness (QED) is 0.544. The number of fused-ring (bicyclic) bond motifs is 1. The van der Waals surface area contributed by atoms with E-state index in [4.69, 9.17) is 10.7 Å². The molecule has 4 nitrogen and oxygen atoms in total. The number of aryl methyl sites for hydroxylation is 1. The molecule has 1 amide bonds. The predicted molar refractivity (Wildman–Crippen MR) is 105 cm³/mol. The van der Waals surface area contributed by atoms with Gasteiger partial charge < -0.3 is 5.73 Å². The van der Waals surface area contributed by atoms with Crippen LogP contribution < -0.4 is 5.73 Å². The molecule has 0 unspecified atom stereocenters. The van der Waals surface area contributed by atoms with E-state index in [1.54, 1.807) is 0 Å². The summed E-state index contributed by atoms with van der Waals surface area (Å²) < 4.78 is 2.17. The van der Waals surface area contributed by atoms with Crippen molar-refractivity contribution in [2.75, 3.05) is 0 Å². The maximum atomic E-state index is 11.4. The average molecular weight is 356 g/mol. The smallest absolute Gasteiger partial charge is 0.258 e. The Hall–Kier alpha value is -2.14. The maximum absolute atomic E-state index is 11.4. The number of hydrogen-bond acceptors (Lipinski definition) is 3. The number of benzene rings is 1. The minimum atomic E-state index is -0.377. The summed E-state index contributed by atoms with van der Waals surface area (Å²) in [6.07, 6.45) is 8.53. The van der Waals surface area contributed by atoms with Crippen molar-refractivity contribution in [2.45, 2.75) is 51.9 Å². The number of rotatable bonds is 9. The third kappa shape index (κ3) is 4.10. The normalized spacial score (nSPS) is 11.2. The van der Waals surface area contributed by atoms with E-state index in [2.05, 4.69) is 17.6 Å². The Balaban J connectivity index is 1.83. The number of aromatic nitrogens is 2. The van der Waals surface area contributed by atoms with Gasteiger partial charge in [-0.25, -0.2) is 4.98 Å². The highest BCUT2D eigenvalue weighted by molar-refractivity contribution is 7.12. The molecule has 3 aromatic rings. The first kappa shape index (κ1) is 17.7. The molecule has 2 N–H and O–H groups in total. The summed E-state index contributed by atoms with van der Waals surface area (Å²) in [6.45, 7) is 2.24. The molecule has 0 saturated heterocycles. The predicted octanol–water partition coefficient (Wildman–Crippen LogP) is 5.09. The minimum absolute atomic E-state index is 0.377. The molecular formula is C20H25N3OS. The lowest BCUT2D eigenvalue weighted by Crippen LogP contribution is -2.08. The van der Waals surface area contributed by atoms with Crippen LogP contribution in [-0.4, -0.2) is 15.5 Å². The van der Waals surface area contributed by atoms with Gasteiger partial charge in [0.05, 0.1) is 21.6 Å². The van der Waals surface area contributed by atoms with Crippen molar-refractivity contribution in [1.29, 1.82) is 0 Å². The van der Waals surface area contributed by atoms with Gasteiger partial charge in [-0.15, -0.1) is 11.3 Å². The summed E-state index contributed by atoms with van der Waals surface area (Å²) in [4.78, 5) is 16.8. The highest BCUT2D eigenvalue weighted by Gasteiger charge is 2.14. The minimum Gasteiger partial charge on any atom is -0.365 e. The number of thiophene rings is 1. The number of hydrogen-bond donors (Lipinski definition) is 1. The molecule has 0 aliphatic heterocycles. The molecule has 132 valence electrons. The fourth-order valence-electron chi connectivity index (χ4n) is 3.17. The lowest BCUT2D eigenvalue weighted by atomic mass is 10.1. The van der Waals surface area contributed by atoms with Crippen LogP contribution >= 0.6 is 11.3 Å². The first-order valence-electron chi connectivity index (χ1n) is 9.05. The molecule has 2 aromatic heterocycles. The van der Waals surface area contributed by atoms with E-state index in [-0.39, 0.29) is 5.91 Å². The second kappa shape index (κ2) is 8.30. The second-order valence-electron chi connectivity index (χ2n) is 6.40. The molecule has 0 aliphatic carbocycles. The van der Waals surface area contributed by atoms with Gasteiger partial charge >= 0.3 is 0 Å². The Bertz CT molecular complexity index is 850. The van der Waals surface area contributed by atoms with Crippen molar-refractivity contribution in [3.05, 3.63) is 46.4 Å². The van der Waals surface area contributed by atoms with Crippen LogP contribution in [0, 0.1) is 0 Å². The topological polar surface area (TPSA) is 60.9 Å². The Morgan fingerprint density at radius 2 is 1.92 bits per heavy atom. The molecule has 3 rings (SSSR count). The highest BCUT2D eigenvalue weighted by Crippen LogP contribution is 2.26. The van der Waals surface area contributed by atoms with E-state index >= 15 is 0 Å². The fourth-order valence-corrected chi connectivity index (χ4v) is 3.89. The van der Waals surface area contributed by atoms with E-state index in [9.17, 15) is 4.79 Å². The van der Waals surface area contributed by atoms with Crippen molar-refractivity contribution in [3.8, 4) is 5.69 Å². The van der Waals surface area contributed by atoms with Gasteiger partial charge in [0, 0.05) is 11.8 Å². The number of nitrogens with zero attached hydrogens (tertiary/aromatic N) is 2. The zero-order valence-corrected chi connectivity index (χ0v) is 15.5. The summed E-state index contributed by atoms with van der Waals surface area (Å²) >= 11 is 1.39. The second-order valence-corrected chi connectivity index (χ2v) is 7.31. The molecule has 0 atom stereocenters. The van der Waals surface area contributed by atoms with Gasteiger partial charge in [-0.2, -0.15) is 0 Å². The van der Waals surface area contributed by atoms with Crippen LogP contribution in [0.2, 0.25) is 0 Å². The van der Waals surface area contributed by atoms with Crippen LogP contribution in [0.1, 0.15) is 60.9 Å². The number of amides is 1. The Kier molecular flexibility index (Phi) is 5.87. The molecular weight excluding hydrogens is 330 g/mol. The van der Waals surface area contributed by atoms with Crippen molar-refractivity contribution in [3.63, 3.8) is 0 Å². The van der Waals surface area contributed by atoms with E-state index in [0.717, 1.165) is 35.4 Å². The van der Waals surface area contributed by atoms with Crippen LogP contribution in [-0.2, 0) is 6.42 Å². The fraction of sp³-hybridized carbons (Fsp3) is 0.400. The Labute approximate surface area is 152 Å². The van der Waals surface area contributed by atoms with Crippen molar-refractivity contribution in [2.24, 2.45) is 5.73 Å². The standard InChI is InChI=1S/C20H25N3OS/c1-2-3-4-5-6-7-12-19-22-16-10-8-9-11-17(16)23(19)15-13-18(20(21)24)25-14-15/h8-11,13-14H,2-7,12H2,1H3,(H2,21,24). The number of primary amides is 1. The zero-order chi connectivity index (χ0) is 17.6. The monoisotopic (exact) mass is 355 g/mol. The van der Waals surface area contributed by atoms with Crippen molar-refractivity contribution < 1.29 is 4.79 Å². The number of carbonyl (C=O) groups is 1. The van der Waals surface area contributed by atoms with Gasteiger partial charge in [-0.1, -0.05) is 51.2 Å². The third-order valence-electron chi connectivity index (χ3n) is 4.47. The van der Waals surface area contributed by atoms with Gasteiger partial charge in [0.1, 0.15) is 5.82 Å². The first-order valence-corrected chi connectivity index (χ1v) is 9.93. The summed E-state index contributed by atoms with van der Waals surface area (Å²) in [5, 5.41) is 1.99. The molecule has 0 radical (unpaired) electrons. The molecule has 2 heterocycles. The van der Waals surface area contributed by atoms with E-state index < -0.39 is 0 Å². The number of imidazole rings is 1. The molecule has 0 fully saturated rings. The molecule has 0 bridgehead atoms. The number of unbranched alkanes of at least 4 members (excludes halogenated alkanes) is 5. The van der Waals surface area contributed by atoms with E-state index in [1.165, 1.54) is 43.4 Å². The lowest BCUT2D eigenvalue weighted by Gasteiger charge is -2.07. The first-order chi connectivity index (χ1) is 12.2. The Morgan fingerprint density at radius 1 is 1.16 bits per heavy atom. The van der Waals surface area contributed by atoms with Gasteiger partial charge in [0.2, 0.25) is 0 Å². The highest BCUT2D eigenvalue weighted by atomic mass is 32.1. The molecule has 25 heavy (non-hydrogen) atoms. The number of carbonyl (C=O) groups excluding carboxylic acids is 1. The van der Waals surface area contributed by atoms with E-state index in [1.807, 2.05) is 29.6 Å². The zero-order valence-electron chi connectivity index (χ0n) is 14.7. The lowest BCUT2D eigenvalue weighted by molar-refractivity contribution is 0.100. The van der Waals surface area contributed by atoms with Gasteiger partial charge in [-0.05, 0) is 24.6 Å². The summed E-state index contributed by atoms with van der Waals surface area (Å²) in [5.74, 6) is 0.684. The molecule has 1 aromatic carbocycles. The van der Waals surface area contributed by atoms with Gasteiger partial charge in [-0.3, -0.25) is 9.36 Å². The summed E-state index contributed by atoms with van der Waals surface area (Å²) in [7, 11) is 0. The van der Waals surface area contributed by atoms with Gasteiger partial charge in [0.25, 0.3) is 5.91 Å². The van der Waals surface area contributed by atoms with Crippen LogP contribution in [0.3, 0.4) is 0 Å². The van der Waals surface area contributed by atoms with E-state index in [0.29, 0.717) is 4.88 Å². The molecule has 5 heteroatoms. The average Bonchev–Trinajstić information content (AvgIpc) is 3.22. The number of para-hydroxylation sites is 2. The number of nitrogens with two attached hydrogens (primary N) is 1. The van der Waals surface area contributed by atoms with Gasteiger partial charge in [0.15, 0.2) is 0 Å². The molecule has 0 aliphatic rings. The third-order valence-corrected chi connectivity index (χ3v) is 5.40. The van der Waals surface area contributed by atoms with Crippen LogP contribution in [0.5, 0.6) is 0 Å². The van der Waals surface area contributed by atoms with Crippen LogP contribution in [0.25, 0.3) is 16.7 Å². The SMILES string of the molecule is CCCCCCCCc1nc2ccccc2n1-c1csc(C(N)=O)c1. The van der Waals surface area contributed by atoms with Crippen LogP contribution in [0.15, 0.2) is 35.7 Å². The Morgan fingerprint density at radius 3 is 2.68 bits per heavy atom. The molecule has 0 spiro atoms.